The van der Waals surface area contributed by atoms with Gasteiger partial charge in [0, 0.05) is 21.8 Å². The Kier molecular flexibility index (Phi) is 13.2. The lowest BCUT2D eigenvalue weighted by atomic mass is 10.5. The van der Waals surface area contributed by atoms with E-state index in [0.717, 1.165) is 22.8 Å². The number of carbonyl (C=O) groups excluding carboxylic acids is 2. The highest BCUT2D eigenvalue weighted by Gasteiger charge is 2.29. The molecule has 2 heterocycles. The molecule has 29 heavy (non-hydrogen) atoms. The standard InChI is InChI=1S/C17H20O4S8/c1-3-21-12(19)5-8-25-15-14(23-2)28-17(29-15)16-26-11(9-22)13(27-16)24-7-4-6-20-10-18/h9-10H,3-8H2,1-2H3. The fraction of sp³-hybridized carbons (Fsp3) is 0.471. The van der Waals surface area contributed by atoms with E-state index in [2.05, 4.69) is 6.26 Å². The second-order valence-electron chi connectivity index (χ2n) is 5.10. The van der Waals surface area contributed by atoms with Gasteiger partial charge in [-0.05, 0) is 19.6 Å². The largest absolute Gasteiger partial charge is 0.468 e. The van der Waals surface area contributed by atoms with Gasteiger partial charge in [-0.15, -0.1) is 35.3 Å². The van der Waals surface area contributed by atoms with Crippen molar-refractivity contribution in [3.63, 3.8) is 0 Å². The van der Waals surface area contributed by atoms with Crippen molar-refractivity contribution in [2.45, 2.75) is 19.8 Å². The van der Waals surface area contributed by atoms with E-state index >= 15 is 0 Å². The lowest BCUT2D eigenvalue weighted by Crippen LogP contribution is -2.04. The summed E-state index contributed by atoms with van der Waals surface area (Å²) in [5, 5.41) is 1.75. The van der Waals surface area contributed by atoms with Gasteiger partial charge in [-0.2, -0.15) is 0 Å². The quantitative estimate of drug-likeness (QED) is 0.107. The maximum absolute atomic E-state index is 11.6. The lowest BCUT2D eigenvalue weighted by Gasteiger charge is -2.04. The Hall–Kier alpha value is 0.700. The van der Waals surface area contributed by atoms with Crippen LogP contribution >= 0.6 is 94.6 Å². The van der Waals surface area contributed by atoms with Crippen molar-refractivity contribution in [1.82, 2.24) is 0 Å². The lowest BCUT2D eigenvalue weighted by molar-refractivity contribution is -0.142. The minimum absolute atomic E-state index is 0.141. The van der Waals surface area contributed by atoms with Gasteiger partial charge < -0.3 is 9.47 Å². The highest BCUT2D eigenvalue weighted by Crippen LogP contribution is 2.64. The summed E-state index contributed by atoms with van der Waals surface area (Å²) in [7, 11) is 0. The molecule has 2 aliphatic heterocycles. The number of rotatable bonds is 13. The van der Waals surface area contributed by atoms with Gasteiger partial charge in [0.1, 0.15) is 0 Å². The maximum Gasteiger partial charge on any atom is 0.306 e. The summed E-state index contributed by atoms with van der Waals surface area (Å²) < 4.78 is 16.0. The van der Waals surface area contributed by atoms with Gasteiger partial charge in [0.15, 0.2) is 0 Å². The van der Waals surface area contributed by atoms with E-state index in [9.17, 15) is 9.59 Å². The number of thioether (sulfide) groups is 7. The number of allylic oxidation sites excluding steroid dienone is 1. The topological polar surface area (TPSA) is 52.6 Å². The average Bonchev–Trinajstić information content (AvgIpc) is 3.31. The third-order valence-electron chi connectivity index (χ3n) is 3.14. The van der Waals surface area contributed by atoms with Crippen LogP contribution in [0.1, 0.15) is 19.8 Å². The molecule has 0 saturated heterocycles. The molecule has 2 aliphatic rings. The van der Waals surface area contributed by atoms with Crippen LogP contribution in [0.5, 0.6) is 0 Å². The Morgan fingerprint density at radius 3 is 2.45 bits per heavy atom. The van der Waals surface area contributed by atoms with Crippen molar-refractivity contribution < 1.29 is 19.1 Å². The molecule has 0 aromatic rings. The molecule has 0 aliphatic carbocycles. The van der Waals surface area contributed by atoms with Crippen molar-refractivity contribution in [1.29, 1.82) is 0 Å². The molecule has 0 radical (unpaired) electrons. The van der Waals surface area contributed by atoms with Gasteiger partial charge in [0.05, 0.1) is 40.8 Å². The van der Waals surface area contributed by atoms with E-state index < -0.39 is 0 Å². The van der Waals surface area contributed by atoms with Gasteiger partial charge in [-0.3, -0.25) is 9.59 Å². The fourth-order valence-corrected chi connectivity index (χ4v) is 12.0. The summed E-state index contributed by atoms with van der Waals surface area (Å²) in [6.45, 7) is 3.19. The molecule has 4 nitrogen and oxygen atoms in total. The number of hydrogen-bond donors (Lipinski definition) is 0. The molecule has 0 aromatic carbocycles. The number of hydrogen-bond acceptors (Lipinski definition) is 12. The van der Waals surface area contributed by atoms with Crippen molar-refractivity contribution in [3.05, 3.63) is 26.1 Å². The number of carbonyl (C=O) groups is 2. The van der Waals surface area contributed by atoms with E-state index in [1.165, 1.54) is 21.2 Å². The van der Waals surface area contributed by atoms with Crippen molar-refractivity contribution in [2.24, 2.45) is 0 Å². The summed E-state index contributed by atoms with van der Waals surface area (Å²) in [5.74, 6) is 1.47. The van der Waals surface area contributed by atoms with E-state index in [1.807, 2.05) is 6.92 Å². The predicted molar refractivity (Wildman–Crippen MR) is 141 cm³/mol. The van der Waals surface area contributed by atoms with Crippen LogP contribution in [0.4, 0.5) is 0 Å². The number of esters is 1. The maximum atomic E-state index is 11.6. The first-order valence-corrected chi connectivity index (χ1v) is 15.5. The van der Waals surface area contributed by atoms with Gasteiger partial charge in [0.2, 0.25) is 0 Å². The van der Waals surface area contributed by atoms with Crippen LogP contribution in [-0.2, 0) is 19.1 Å². The van der Waals surface area contributed by atoms with E-state index in [-0.39, 0.29) is 5.97 Å². The summed E-state index contributed by atoms with van der Waals surface area (Å²) in [6, 6.07) is 0. The SMILES string of the molecule is CCOC(=O)CCSC1=C(SC)SC(=C2SC(C=S)=C(SCCCOC=O)S2)S1. The van der Waals surface area contributed by atoms with Crippen LogP contribution < -0.4 is 0 Å². The minimum Gasteiger partial charge on any atom is -0.468 e. The number of ether oxygens (including phenoxy) is 2. The third-order valence-corrected chi connectivity index (χ3v) is 13.5. The van der Waals surface area contributed by atoms with E-state index in [4.69, 9.17) is 21.7 Å². The van der Waals surface area contributed by atoms with Gasteiger partial charge in [-0.1, -0.05) is 59.3 Å². The molecule has 0 amide bonds. The first kappa shape index (κ1) is 26.0. The van der Waals surface area contributed by atoms with Gasteiger partial charge in [0.25, 0.3) is 6.47 Å². The highest BCUT2D eigenvalue weighted by molar-refractivity contribution is 8.43. The van der Waals surface area contributed by atoms with Crippen LogP contribution in [0.25, 0.3) is 0 Å². The summed E-state index contributed by atoms with van der Waals surface area (Å²) in [6.07, 6.45) is 3.33. The molecule has 0 spiro atoms. The van der Waals surface area contributed by atoms with Crippen LogP contribution in [0.3, 0.4) is 0 Å². The molecule has 160 valence electrons. The van der Waals surface area contributed by atoms with E-state index in [1.54, 1.807) is 87.7 Å². The Labute approximate surface area is 206 Å². The van der Waals surface area contributed by atoms with Crippen molar-refractivity contribution in [3.8, 4) is 0 Å². The molecule has 0 N–H and O–H groups in total. The summed E-state index contributed by atoms with van der Waals surface area (Å²) in [4.78, 5) is 22.9. The van der Waals surface area contributed by atoms with Crippen molar-refractivity contribution >= 4 is 112 Å². The zero-order valence-electron chi connectivity index (χ0n) is 15.8. The van der Waals surface area contributed by atoms with Gasteiger partial charge >= 0.3 is 5.97 Å². The summed E-state index contributed by atoms with van der Waals surface area (Å²) in [5.41, 5.74) is 0. The van der Waals surface area contributed by atoms with Crippen LogP contribution in [-0.4, -0.2) is 48.8 Å². The van der Waals surface area contributed by atoms with Gasteiger partial charge in [-0.25, -0.2) is 0 Å². The predicted octanol–water partition coefficient (Wildman–Crippen LogP) is 6.71. The average molecular weight is 545 g/mol. The molecular formula is C17H20O4S8. The molecule has 0 aromatic heterocycles. The molecule has 0 atom stereocenters. The molecule has 0 unspecified atom stereocenters. The third kappa shape index (κ3) is 8.63. The molecule has 0 fully saturated rings. The Balaban J connectivity index is 1.91. The van der Waals surface area contributed by atoms with E-state index in [0.29, 0.717) is 26.1 Å². The zero-order valence-corrected chi connectivity index (χ0v) is 22.3. The molecule has 0 saturated carbocycles. The second-order valence-corrected chi connectivity index (χ2v) is 13.8. The molecule has 2 rings (SSSR count). The smallest absolute Gasteiger partial charge is 0.306 e. The van der Waals surface area contributed by atoms with Crippen molar-refractivity contribution in [2.75, 3.05) is 31.0 Å². The first-order valence-electron chi connectivity index (χ1n) is 8.52. The Bertz CT molecular complexity index is 716. The highest BCUT2D eigenvalue weighted by atomic mass is 32.3. The Morgan fingerprint density at radius 1 is 1.07 bits per heavy atom. The summed E-state index contributed by atoms with van der Waals surface area (Å²) >= 11 is 17.5. The molecule has 12 heteroatoms. The second kappa shape index (κ2) is 14.7. The van der Waals surface area contributed by atoms with Crippen LogP contribution in [0.15, 0.2) is 26.1 Å². The minimum atomic E-state index is -0.141. The molecular weight excluding hydrogens is 525 g/mol. The fourth-order valence-electron chi connectivity index (χ4n) is 1.94. The Morgan fingerprint density at radius 2 is 1.76 bits per heavy atom. The molecule has 0 bridgehead atoms. The monoisotopic (exact) mass is 544 g/mol. The normalized spacial score (nSPS) is 19.1. The first-order chi connectivity index (χ1) is 14.1. The zero-order chi connectivity index (χ0) is 21.1. The number of thiocarbonyl (C=S) groups is 1. The van der Waals surface area contributed by atoms with Crippen LogP contribution in [0.2, 0.25) is 0 Å². The van der Waals surface area contributed by atoms with Crippen LogP contribution in [0, 0.1) is 0 Å².